The number of likely N-dealkylation sites (tertiary alicyclic amines) is 2. The molecule has 2 saturated heterocycles. The highest BCUT2D eigenvalue weighted by Crippen LogP contribution is 2.34. The van der Waals surface area contributed by atoms with Gasteiger partial charge in [0.05, 0.1) is 11.8 Å². The topological polar surface area (TPSA) is 77.9 Å². The second-order valence-corrected chi connectivity index (χ2v) is 6.33. The van der Waals surface area contributed by atoms with Crippen molar-refractivity contribution >= 4 is 17.8 Å². The molecule has 2 heterocycles. The molecule has 0 radical (unpaired) electrons. The number of hydrogen-bond donors (Lipinski definition) is 1. The van der Waals surface area contributed by atoms with Gasteiger partial charge in [-0.2, -0.15) is 0 Å². The third-order valence-corrected chi connectivity index (χ3v) is 4.85. The molecule has 2 aliphatic rings. The molecule has 0 aromatic heterocycles. The zero-order valence-corrected chi connectivity index (χ0v) is 13.0. The first-order chi connectivity index (χ1) is 11.0. The predicted molar refractivity (Wildman–Crippen MR) is 82.6 cm³/mol. The molecule has 1 aromatic rings. The Kier molecular flexibility index (Phi) is 4.07. The lowest BCUT2D eigenvalue weighted by molar-refractivity contribution is -0.146. The summed E-state index contributed by atoms with van der Waals surface area (Å²) in [4.78, 5) is 38.6. The van der Waals surface area contributed by atoms with Crippen molar-refractivity contribution in [3.05, 3.63) is 35.9 Å². The van der Waals surface area contributed by atoms with Crippen LogP contribution in [-0.2, 0) is 14.4 Å². The molecule has 0 saturated carbocycles. The summed E-state index contributed by atoms with van der Waals surface area (Å²) >= 11 is 0. The molecule has 2 aliphatic heterocycles. The van der Waals surface area contributed by atoms with E-state index in [1.54, 1.807) is 9.80 Å². The normalized spacial score (nSPS) is 24.4. The second kappa shape index (κ2) is 6.02. The number of amides is 2. The zero-order valence-electron chi connectivity index (χ0n) is 13.0. The van der Waals surface area contributed by atoms with E-state index in [0.29, 0.717) is 19.6 Å². The highest BCUT2D eigenvalue weighted by atomic mass is 16.4. The van der Waals surface area contributed by atoms with E-state index < -0.39 is 11.9 Å². The molecule has 0 bridgehead atoms. The van der Waals surface area contributed by atoms with Gasteiger partial charge in [-0.05, 0) is 5.56 Å². The fourth-order valence-corrected chi connectivity index (χ4v) is 3.42. The van der Waals surface area contributed by atoms with Crippen molar-refractivity contribution in [1.29, 1.82) is 0 Å². The number of aliphatic carboxylic acids is 1. The van der Waals surface area contributed by atoms with Crippen LogP contribution in [0.15, 0.2) is 30.3 Å². The van der Waals surface area contributed by atoms with E-state index in [1.165, 1.54) is 6.92 Å². The minimum absolute atomic E-state index is 0.0268. The summed E-state index contributed by atoms with van der Waals surface area (Å²) in [5, 5.41) is 9.48. The first-order valence-electron chi connectivity index (χ1n) is 7.79. The molecule has 122 valence electrons. The van der Waals surface area contributed by atoms with Crippen molar-refractivity contribution in [3.8, 4) is 0 Å². The van der Waals surface area contributed by atoms with Gasteiger partial charge < -0.3 is 14.9 Å². The molecule has 2 amide bonds. The van der Waals surface area contributed by atoms with Gasteiger partial charge in [-0.15, -0.1) is 0 Å². The fourth-order valence-electron chi connectivity index (χ4n) is 3.42. The molecule has 0 spiro atoms. The maximum atomic E-state index is 12.5. The lowest BCUT2D eigenvalue weighted by atomic mass is 9.89. The summed E-state index contributed by atoms with van der Waals surface area (Å²) < 4.78 is 0. The second-order valence-electron chi connectivity index (χ2n) is 6.33. The van der Waals surface area contributed by atoms with Crippen molar-refractivity contribution in [3.63, 3.8) is 0 Å². The van der Waals surface area contributed by atoms with Crippen LogP contribution < -0.4 is 0 Å². The minimum Gasteiger partial charge on any atom is -0.481 e. The van der Waals surface area contributed by atoms with E-state index >= 15 is 0 Å². The molecule has 2 fully saturated rings. The van der Waals surface area contributed by atoms with Crippen molar-refractivity contribution < 1.29 is 19.5 Å². The number of carbonyl (C=O) groups is 3. The number of nitrogens with zero attached hydrogens (tertiary/aromatic N) is 2. The molecule has 0 unspecified atom stereocenters. The SMILES string of the molecule is CC(=O)N1CC(C(=O)N2C[C@H](C(=O)O)[C@@H](c3ccccc3)C2)C1. The van der Waals surface area contributed by atoms with Crippen LogP contribution in [0.25, 0.3) is 0 Å². The van der Waals surface area contributed by atoms with Gasteiger partial charge in [0.2, 0.25) is 11.8 Å². The van der Waals surface area contributed by atoms with Crippen LogP contribution in [0, 0.1) is 11.8 Å². The largest absolute Gasteiger partial charge is 0.481 e. The minimum atomic E-state index is -0.867. The van der Waals surface area contributed by atoms with Crippen LogP contribution in [0.4, 0.5) is 0 Å². The molecule has 1 N–H and O–H groups in total. The molecular formula is C17H20N2O4. The van der Waals surface area contributed by atoms with E-state index in [4.69, 9.17) is 0 Å². The Balaban J connectivity index is 1.70. The van der Waals surface area contributed by atoms with E-state index in [2.05, 4.69) is 0 Å². The smallest absolute Gasteiger partial charge is 0.308 e. The molecule has 6 nitrogen and oxygen atoms in total. The van der Waals surface area contributed by atoms with E-state index in [9.17, 15) is 19.5 Å². The molecule has 1 aromatic carbocycles. The van der Waals surface area contributed by atoms with Gasteiger partial charge in [0.25, 0.3) is 0 Å². The van der Waals surface area contributed by atoms with E-state index in [0.717, 1.165) is 5.56 Å². The average Bonchev–Trinajstić information content (AvgIpc) is 2.91. The number of benzene rings is 1. The van der Waals surface area contributed by atoms with Gasteiger partial charge >= 0.3 is 5.97 Å². The van der Waals surface area contributed by atoms with Gasteiger partial charge in [0.1, 0.15) is 0 Å². The van der Waals surface area contributed by atoms with Gasteiger partial charge in [-0.3, -0.25) is 14.4 Å². The Bertz CT molecular complexity index is 625. The van der Waals surface area contributed by atoms with Gasteiger partial charge in [0, 0.05) is 39.0 Å². The molecule has 23 heavy (non-hydrogen) atoms. The Labute approximate surface area is 134 Å². The lowest BCUT2D eigenvalue weighted by Gasteiger charge is -2.39. The van der Waals surface area contributed by atoms with Crippen molar-refractivity contribution in [2.75, 3.05) is 26.2 Å². The van der Waals surface area contributed by atoms with Crippen LogP contribution in [0.2, 0.25) is 0 Å². The summed E-state index contributed by atoms with van der Waals surface area (Å²) in [7, 11) is 0. The molecule has 2 atom stereocenters. The van der Waals surface area contributed by atoms with Crippen LogP contribution in [0.1, 0.15) is 18.4 Å². The maximum absolute atomic E-state index is 12.5. The van der Waals surface area contributed by atoms with Crippen LogP contribution in [0.3, 0.4) is 0 Å². The summed E-state index contributed by atoms with van der Waals surface area (Å²) in [6.45, 7) is 3.04. The lowest BCUT2D eigenvalue weighted by Crippen LogP contribution is -2.55. The first kappa shape index (κ1) is 15.5. The Morgan fingerprint density at radius 3 is 2.22 bits per heavy atom. The zero-order chi connectivity index (χ0) is 16.6. The average molecular weight is 316 g/mol. The monoisotopic (exact) mass is 316 g/mol. The van der Waals surface area contributed by atoms with Gasteiger partial charge in [-0.1, -0.05) is 30.3 Å². The third-order valence-electron chi connectivity index (χ3n) is 4.85. The predicted octanol–water partition coefficient (Wildman–Crippen LogP) is 0.791. The van der Waals surface area contributed by atoms with Crippen molar-refractivity contribution in [2.45, 2.75) is 12.8 Å². The third kappa shape index (κ3) is 2.93. The Morgan fingerprint density at radius 2 is 1.65 bits per heavy atom. The Hall–Kier alpha value is -2.37. The van der Waals surface area contributed by atoms with Gasteiger partial charge in [-0.25, -0.2) is 0 Å². The Morgan fingerprint density at radius 1 is 1.00 bits per heavy atom. The molecule has 0 aliphatic carbocycles. The summed E-state index contributed by atoms with van der Waals surface area (Å²) in [6.07, 6.45) is 0. The number of hydrogen-bond acceptors (Lipinski definition) is 3. The number of rotatable bonds is 3. The molecule has 3 rings (SSSR count). The highest BCUT2D eigenvalue weighted by molar-refractivity contribution is 5.85. The maximum Gasteiger partial charge on any atom is 0.308 e. The first-order valence-corrected chi connectivity index (χ1v) is 7.79. The standard InChI is InChI=1S/C17H20N2O4/c1-11(20)18-7-13(8-18)16(21)19-9-14(15(10-19)17(22)23)12-5-3-2-4-6-12/h2-6,13-15H,7-10H2,1H3,(H,22,23)/t14-,15+/m1/s1. The number of carboxylic acid groups (broad SMARTS) is 1. The molecular weight excluding hydrogens is 296 g/mol. The van der Waals surface area contributed by atoms with E-state index in [-0.39, 0.29) is 30.2 Å². The van der Waals surface area contributed by atoms with Crippen LogP contribution >= 0.6 is 0 Å². The number of carbonyl (C=O) groups excluding carboxylic acids is 2. The summed E-state index contributed by atoms with van der Waals surface area (Å²) in [5.74, 6) is -1.88. The quantitative estimate of drug-likeness (QED) is 0.894. The van der Waals surface area contributed by atoms with Crippen molar-refractivity contribution in [1.82, 2.24) is 9.80 Å². The number of carboxylic acids is 1. The van der Waals surface area contributed by atoms with Crippen molar-refractivity contribution in [2.24, 2.45) is 11.8 Å². The summed E-state index contributed by atoms with van der Waals surface area (Å²) in [6, 6.07) is 9.48. The van der Waals surface area contributed by atoms with E-state index in [1.807, 2.05) is 30.3 Å². The van der Waals surface area contributed by atoms with Crippen LogP contribution in [-0.4, -0.2) is 58.9 Å². The summed E-state index contributed by atoms with van der Waals surface area (Å²) in [5.41, 5.74) is 0.953. The van der Waals surface area contributed by atoms with Gasteiger partial charge in [0.15, 0.2) is 0 Å². The molecule has 6 heteroatoms. The fraction of sp³-hybridized carbons (Fsp3) is 0.471. The van der Waals surface area contributed by atoms with Crippen LogP contribution in [0.5, 0.6) is 0 Å². The highest BCUT2D eigenvalue weighted by Gasteiger charge is 2.44.